The van der Waals surface area contributed by atoms with Gasteiger partial charge in [0.05, 0.1) is 0 Å². The maximum atomic E-state index is 13.5. The first-order valence-corrected chi connectivity index (χ1v) is 7.19. The van der Waals surface area contributed by atoms with Crippen molar-refractivity contribution in [2.24, 2.45) is 0 Å². The van der Waals surface area contributed by atoms with Crippen molar-refractivity contribution in [3.63, 3.8) is 0 Å². The van der Waals surface area contributed by atoms with Gasteiger partial charge in [-0.1, -0.05) is 37.6 Å². The lowest BCUT2D eigenvalue weighted by molar-refractivity contribution is 0.509. The van der Waals surface area contributed by atoms with Crippen LogP contribution in [-0.4, -0.2) is 0 Å². The van der Waals surface area contributed by atoms with Crippen LogP contribution in [0.5, 0.6) is 0 Å². The van der Waals surface area contributed by atoms with Crippen molar-refractivity contribution in [1.82, 2.24) is 0 Å². The van der Waals surface area contributed by atoms with Gasteiger partial charge in [-0.2, -0.15) is 0 Å². The fraction of sp³-hybridized carbons (Fsp3) is 0.294. The molecule has 2 aromatic carbocycles. The molecule has 0 unspecified atom stereocenters. The molecule has 0 aliphatic carbocycles. The topological polar surface area (TPSA) is 0 Å². The second kappa shape index (κ2) is 6.36. The van der Waals surface area contributed by atoms with E-state index < -0.39 is 11.6 Å². The maximum absolute atomic E-state index is 13.5. The van der Waals surface area contributed by atoms with E-state index in [1.807, 2.05) is 18.2 Å². The minimum atomic E-state index is -0.835. The SMILES string of the molecule is CCC(CC)c1ccc(Cl)cc1-c1ccc(F)c(F)c1. The molecule has 0 nitrogen and oxygen atoms in total. The quantitative estimate of drug-likeness (QED) is 0.631. The lowest BCUT2D eigenvalue weighted by Gasteiger charge is -2.18. The van der Waals surface area contributed by atoms with E-state index in [1.165, 1.54) is 6.07 Å². The molecule has 0 fully saturated rings. The number of benzene rings is 2. The summed E-state index contributed by atoms with van der Waals surface area (Å²) in [6.07, 6.45) is 1.99. The third kappa shape index (κ3) is 3.01. The molecule has 106 valence electrons. The molecular formula is C17H17ClF2. The first-order valence-electron chi connectivity index (χ1n) is 6.81. The Kier molecular flexibility index (Phi) is 4.77. The van der Waals surface area contributed by atoms with E-state index in [9.17, 15) is 8.78 Å². The average molecular weight is 295 g/mol. The Balaban J connectivity index is 2.59. The summed E-state index contributed by atoms with van der Waals surface area (Å²) in [6.45, 7) is 4.25. The van der Waals surface area contributed by atoms with E-state index in [0.29, 0.717) is 16.5 Å². The molecule has 0 atom stereocenters. The minimum absolute atomic E-state index is 0.385. The van der Waals surface area contributed by atoms with Crippen molar-refractivity contribution < 1.29 is 8.78 Å². The second-order valence-electron chi connectivity index (χ2n) is 4.87. The van der Waals surface area contributed by atoms with Crippen molar-refractivity contribution >= 4 is 11.6 Å². The van der Waals surface area contributed by atoms with Gasteiger partial charge in [-0.05, 0) is 59.7 Å². The van der Waals surface area contributed by atoms with Crippen LogP contribution in [-0.2, 0) is 0 Å². The maximum Gasteiger partial charge on any atom is 0.159 e. The molecule has 0 heterocycles. The van der Waals surface area contributed by atoms with Gasteiger partial charge < -0.3 is 0 Å². The molecule has 0 aromatic heterocycles. The molecule has 3 heteroatoms. The number of hydrogen-bond acceptors (Lipinski definition) is 0. The van der Waals surface area contributed by atoms with Crippen LogP contribution < -0.4 is 0 Å². The van der Waals surface area contributed by atoms with Crippen molar-refractivity contribution in [3.8, 4) is 11.1 Å². The van der Waals surface area contributed by atoms with Gasteiger partial charge in [-0.15, -0.1) is 0 Å². The minimum Gasteiger partial charge on any atom is -0.204 e. The third-order valence-corrected chi connectivity index (χ3v) is 3.91. The lowest BCUT2D eigenvalue weighted by Crippen LogP contribution is -1.99. The van der Waals surface area contributed by atoms with Gasteiger partial charge in [0.1, 0.15) is 0 Å². The molecule has 0 amide bonds. The largest absolute Gasteiger partial charge is 0.204 e. The first kappa shape index (κ1) is 15.0. The molecule has 0 aliphatic heterocycles. The van der Waals surface area contributed by atoms with Crippen LogP contribution in [0.15, 0.2) is 36.4 Å². The highest BCUT2D eigenvalue weighted by Gasteiger charge is 2.15. The molecule has 0 saturated heterocycles. The smallest absolute Gasteiger partial charge is 0.159 e. The first-order chi connectivity index (χ1) is 9.56. The van der Waals surface area contributed by atoms with Crippen LogP contribution in [0.3, 0.4) is 0 Å². The molecule has 2 rings (SSSR count). The van der Waals surface area contributed by atoms with Gasteiger partial charge in [-0.25, -0.2) is 8.78 Å². The zero-order valence-electron chi connectivity index (χ0n) is 11.6. The van der Waals surface area contributed by atoms with Gasteiger partial charge in [0.2, 0.25) is 0 Å². The van der Waals surface area contributed by atoms with Gasteiger partial charge in [0.25, 0.3) is 0 Å². The Morgan fingerprint density at radius 2 is 1.65 bits per heavy atom. The molecule has 0 aliphatic rings. The normalized spacial score (nSPS) is 11.1. The molecule has 0 bridgehead atoms. The van der Waals surface area contributed by atoms with Gasteiger partial charge in [0, 0.05) is 5.02 Å². The standard InChI is InChI=1S/C17H17ClF2/c1-3-11(4-2)14-7-6-13(18)10-15(14)12-5-8-16(19)17(20)9-12/h5-11H,3-4H2,1-2H3. The van der Waals surface area contributed by atoms with E-state index >= 15 is 0 Å². The monoisotopic (exact) mass is 294 g/mol. The summed E-state index contributed by atoms with van der Waals surface area (Å²) in [5, 5.41) is 0.597. The van der Waals surface area contributed by atoms with Crippen LogP contribution in [0.1, 0.15) is 38.2 Å². The molecule has 20 heavy (non-hydrogen) atoms. The predicted octanol–water partition coefficient (Wildman–Crippen LogP) is 6.19. The summed E-state index contributed by atoms with van der Waals surface area (Å²) in [5.74, 6) is -1.28. The predicted molar refractivity (Wildman–Crippen MR) is 80.1 cm³/mol. The Labute approximate surface area is 123 Å². The zero-order chi connectivity index (χ0) is 14.7. The Bertz CT molecular complexity index is 604. The highest BCUT2D eigenvalue weighted by atomic mass is 35.5. The summed E-state index contributed by atoms with van der Waals surface area (Å²) in [4.78, 5) is 0. The fourth-order valence-electron chi connectivity index (χ4n) is 2.53. The molecule has 0 spiro atoms. The van der Waals surface area contributed by atoms with E-state index in [1.54, 1.807) is 6.07 Å². The van der Waals surface area contributed by atoms with Crippen molar-refractivity contribution in [2.75, 3.05) is 0 Å². The lowest BCUT2D eigenvalue weighted by atomic mass is 9.87. The van der Waals surface area contributed by atoms with Crippen LogP contribution >= 0.6 is 11.6 Å². The van der Waals surface area contributed by atoms with E-state index in [4.69, 9.17) is 11.6 Å². The Hall–Kier alpha value is -1.41. The summed E-state index contributed by atoms with van der Waals surface area (Å²) < 4.78 is 26.5. The molecule has 0 radical (unpaired) electrons. The molecular weight excluding hydrogens is 278 g/mol. The van der Waals surface area contributed by atoms with Crippen molar-refractivity contribution in [3.05, 3.63) is 58.6 Å². The van der Waals surface area contributed by atoms with Crippen LogP contribution in [0.2, 0.25) is 5.02 Å². The second-order valence-corrected chi connectivity index (χ2v) is 5.31. The zero-order valence-corrected chi connectivity index (χ0v) is 12.3. The van der Waals surface area contributed by atoms with Crippen LogP contribution in [0.25, 0.3) is 11.1 Å². The average Bonchev–Trinajstić information content (AvgIpc) is 2.44. The molecule has 0 N–H and O–H groups in total. The highest BCUT2D eigenvalue weighted by Crippen LogP contribution is 2.35. The number of halogens is 3. The highest BCUT2D eigenvalue weighted by molar-refractivity contribution is 6.30. The number of rotatable bonds is 4. The summed E-state index contributed by atoms with van der Waals surface area (Å²) in [6, 6.07) is 9.63. The Morgan fingerprint density at radius 3 is 2.25 bits per heavy atom. The van der Waals surface area contributed by atoms with Gasteiger partial charge in [0.15, 0.2) is 11.6 Å². The summed E-state index contributed by atoms with van der Waals surface area (Å²) in [5.41, 5.74) is 2.67. The summed E-state index contributed by atoms with van der Waals surface area (Å²) in [7, 11) is 0. The van der Waals surface area contributed by atoms with Crippen LogP contribution in [0, 0.1) is 11.6 Å². The number of hydrogen-bond donors (Lipinski definition) is 0. The van der Waals surface area contributed by atoms with Crippen molar-refractivity contribution in [1.29, 1.82) is 0 Å². The van der Waals surface area contributed by atoms with E-state index in [-0.39, 0.29) is 0 Å². The van der Waals surface area contributed by atoms with Crippen molar-refractivity contribution in [2.45, 2.75) is 32.6 Å². The fourth-order valence-corrected chi connectivity index (χ4v) is 2.70. The Morgan fingerprint density at radius 1 is 0.950 bits per heavy atom. The molecule has 2 aromatic rings. The molecule has 0 saturated carbocycles. The van der Waals surface area contributed by atoms with E-state index in [0.717, 1.165) is 30.0 Å². The summed E-state index contributed by atoms with van der Waals surface area (Å²) >= 11 is 6.06. The van der Waals surface area contributed by atoms with Gasteiger partial charge in [-0.3, -0.25) is 0 Å². The van der Waals surface area contributed by atoms with Gasteiger partial charge >= 0.3 is 0 Å². The van der Waals surface area contributed by atoms with E-state index in [2.05, 4.69) is 13.8 Å². The third-order valence-electron chi connectivity index (χ3n) is 3.67. The van der Waals surface area contributed by atoms with Crippen LogP contribution in [0.4, 0.5) is 8.78 Å².